The molecule has 0 saturated carbocycles. The van der Waals surface area contributed by atoms with Crippen LogP contribution in [-0.2, 0) is 9.53 Å². The zero-order chi connectivity index (χ0) is 29.0. The molecule has 0 rings (SSSR count). The fraction of sp³-hybridized carbons (Fsp3) is 0.921. The summed E-state index contributed by atoms with van der Waals surface area (Å²) in [5.41, 5.74) is 0. The van der Waals surface area contributed by atoms with E-state index >= 15 is 0 Å². The fourth-order valence-corrected chi connectivity index (χ4v) is 5.60. The maximum Gasteiger partial charge on any atom is 0.305 e. The van der Waals surface area contributed by atoms with E-state index in [1.165, 1.54) is 180 Å². The van der Waals surface area contributed by atoms with Crippen molar-refractivity contribution in [2.24, 2.45) is 0 Å². The summed E-state index contributed by atoms with van der Waals surface area (Å²) in [6.07, 6.45) is 47.2. The molecule has 0 aliphatic heterocycles. The van der Waals surface area contributed by atoms with Crippen LogP contribution in [0.3, 0.4) is 0 Å². The molecule has 0 amide bonds. The second-order valence-corrected chi connectivity index (χ2v) is 12.6. The Morgan fingerprint density at radius 2 is 0.700 bits per heavy atom. The Kier molecular flexibility index (Phi) is 35.5. The Hall–Kier alpha value is -0.790. The number of esters is 1. The van der Waals surface area contributed by atoms with Crippen LogP contribution in [0, 0.1) is 0 Å². The van der Waals surface area contributed by atoms with Gasteiger partial charge in [-0.3, -0.25) is 4.79 Å². The molecule has 40 heavy (non-hydrogen) atoms. The molecule has 0 N–H and O–H groups in total. The number of carbonyl (C=O) groups is 1. The average Bonchev–Trinajstić information content (AvgIpc) is 2.96. The Balaban J connectivity index is 3.19. The van der Waals surface area contributed by atoms with Crippen LogP contribution in [0.25, 0.3) is 0 Å². The first kappa shape index (κ1) is 39.2. The second kappa shape index (κ2) is 36.2. The highest BCUT2D eigenvalue weighted by Gasteiger charge is 2.02. The van der Waals surface area contributed by atoms with Crippen molar-refractivity contribution in [1.82, 2.24) is 0 Å². The maximum atomic E-state index is 11.9. The van der Waals surface area contributed by atoms with Crippen molar-refractivity contribution < 1.29 is 9.53 Å². The van der Waals surface area contributed by atoms with Gasteiger partial charge in [-0.25, -0.2) is 0 Å². The minimum atomic E-state index is 0.0133. The van der Waals surface area contributed by atoms with Crippen LogP contribution >= 0.6 is 0 Å². The molecule has 2 nitrogen and oxygen atoms in total. The van der Waals surface area contributed by atoms with E-state index < -0.39 is 0 Å². The molecule has 0 fully saturated rings. The molecule has 0 heterocycles. The average molecular weight is 563 g/mol. The minimum Gasteiger partial charge on any atom is -0.466 e. The lowest BCUT2D eigenvalue weighted by Crippen LogP contribution is -2.05. The summed E-state index contributed by atoms with van der Waals surface area (Å²) < 4.78 is 5.41. The monoisotopic (exact) mass is 563 g/mol. The van der Waals surface area contributed by atoms with Gasteiger partial charge in [-0.2, -0.15) is 0 Å². The van der Waals surface area contributed by atoms with Crippen molar-refractivity contribution >= 4 is 5.97 Å². The van der Waals surface area contributed by atoms with E-state index in [4.69, 9.17) is 4.74 Å². The highest BCUT2D eigenvalue weighted by Crippen LogP contribution is 2.14. The largest absolute Gasteiger partial charge is 0.466 e. The molecule has 0 atom stereocenters. The summed E-state index contributed by atoms with van der Waals surface area (Å²) in [6, 6.07) is 0. The van der Waals surface area contributed by atoms with Gasteiger partial charge in [-0.15, -0.1) is 0 Å². The summed E-state index contributed by atoms with van der Waals surface area (Å²) in [5, 5.41) is 0. The lowest BCUT2D eigenvalue weighted by Gasteiger charge is -2.05. The zero-order valence-corrected chi connectivity index (χ0v) is 27.8. The van der Waals surface area contributed by atoms with Crippen molar-refractivity contribution in [2.75, 3.05) is 6.61 Å². The lowest BCUT2D eigenvalue weighted by molar-refractivity contribution is -0.143. The van der Waals surface area contributed by atoms with Gasteiger partial charge in [0.05, 0.1) is 6.61 Å². The predicted molar refractivity (Wildman–Crippen MR) is 179 cm³/mol. The Morgan fingerprint density at radius 1 is 0.400 bits per heavy atom. The van der Waals surface area contributed by atoms with Crippen molar-refractivity contribution in [3.05, 3.63) is 12.2 Å². The molecule has 238 valence electrons. The first-order valence-electron chi connectivity index (χ1n) is 18.6. The van der Waals surface area contributed by atoms with E-state index in [9.17, 15) is 4.79 Å². The first-order valence-corrected chi connectivity index (χ1v) is 18.6. The number of carbonyl (C=O) groups excluding carboxylic acids is 1. The predicted octanol–water partition coefficient (Wildman–Crippen LogP) is 13.6. The van der Waals surface area contributed by atoms with Crippen molar-refractivity contribution in [1.29, 1.82) is 0 Å². The van der Waals surface area contributed by atoms with Crippen LogP contribution < -0.4 is 0 Å². The van der Waals surface area contributed by atoms with Crippen LogP contribution in [-0.4, -0.2) is 12.6 Å². The first-order chi connectivity index (χ1) is 19.8. The molecular formula is C38H74O2. The number of hydrogen-bond donors (Lipinski definition) is 0. The molecule has 0 unspecified atom stereocenters. The van der Waals surface area contributed by atoms with Crippen LogP contribution in [0.1, 0.15) is 219 Å². The Labute approximate surface area is 253 Å². The molecule has 0 aromatic rings. The Bertz CT molecular complexity index is 498. The van der Waals surface area contributed by atoms with E-state index in [2.05, 4.69) is 26.0 Å². The molecule has 0 saturated heterocycles. The summed E-state index contributed by atoms with van der Waals surface area (Å²) in [5.74, 6) is 0.0133. The molecular weight excluding hydrogens is 488 g/mol. The SMILES string of the molecule is CCCCCCCCCCCCCCCCC/C=C\CCCCCCC(=O)OCCCCCCCCCCCC. The van der Waals surface area contributed by atoms with E-state index in [1.54, 1.807) is 0 Å². The highest BCUT2D eigenvalue weighted by atomic mass is 16.5. The van der Waals surface area contributed by atoms with E-state index in [0.717, 1.165) is 19.3 Å². The number of rotatable bonds is 34. The number of unbranched alkanes of at least 4 members (excludes halogenated alkanes) is 28. The molecule has 0 bridgehead atoms. The third kappa shape index (κ3) is 35.2. The van der Waals surface area contributed by atoms with Gasteiger partial charge in [0, 0.05) is 6.42 Å². The van der Waals surface area contributed by atoms with Crippen LogP contribution in [0.4, 0.5) is 0 Å². The lowest BCUT2D eigenvalue weighted by atomic mass is 10.0. The maximum absolute atomic E-state index is 11.9. The standard InChI is InChI=1S/C38H74O2/c1-3-5-7-9-11-13-15-16-17-18-19-20-21-22-23-24-25-26-27-28-30-32-34-36-38(39)40-37-35-33-31-29-14-12-10-8-6-4-2/h25-26H,3-24,27-37H2,1-2H3/b26-25-. The van der Waals surface area contributed by atoms with Crippen LogP contribution in [0.5, 0.6) is 0 Å². The van der Waals surface area contributed by atoms with Gasteiger partial charge in [-0.1, -0.05) is 187 Å². The van der Waals surface area contributed by atoms with Gasteiger partial charge >= 0.3 is 5.97 Å². The van der Waals surface area contributed by atoms with Gasteiger partial charge in [0.1, 0.15) is 0 Å². The molecule has 0 aromatic heterocycles. The molecule has 0 spiro atoms. The number of hydrogen-bond acceptors (Lipinski definition) is 2. The minimum absolute atomic E-state index is 0.0133. The smallest absolute Gasteiger partial charge is 0.305 e. The highest BCUT2D eigenvalue weighted by molar-refractivity contribution is 5.69. The fourth-order valence-electron chi connectivity index (χ4n) is 5.60. The van der Waals surface area contributed by atoms with E-state index in [1.807, 2.05) is 0 Å². The van der Waals surface area contributed by atoms with E-state index in [-0.39, 0.29) is 5.97 Å². The summed E-state index contributed by atoms with van der Waals surface area (Å²) in [6.45, 7) is 5.19. The van der Waals surface area contributed by atoms with Gasteiger partial charge < -0.3 is 4.74 Å². The van der Waals surface area contributed by atoms with Gasteiger partial charge in [0.2, 0.25) is 0 Å². The molecule has 0 aliphatic rings. The third-order valence-electron chi connectivity index (χ3n) is 8.40. The molecule has 0 radical (unpaired) electrons. The topological polar surface area (TPSA) is 26.3 Å². The van der Waals surface area contributed by atoms with Gasteiger partial charge in [0.15, 0.2) is 0 Å². The number of allylic oxidation sites excluding steroid dienone is 2. The second-order valence-electron chi connectivity index (χ2n) is 12.6. The molecule has 2 heteroatoms. The van der Waals surface area contributed by atoms with Crippen molar-refractivity contribution in [3.8, 4) is 0 Å². The van der Waals surface area contributed by atoms with Crippen LogP contribution in [0.2, 0.25) is 0 Å². The quantitative estimate of drug-likeness (QED) is 0.0443. The number of ether oxygens (including phenoxy) is 1. The normalized spacial score (nSPS) is 11.6. The van der Waals surface area contributed by atoms with E-state index in [0.29, 0.717) is 13.0 Å². The van der Waals surface area contributed by atoms with Gasteiger partial charge in [-0.05, 0) is 38.5 Å². The van der Waals surface area contributed by atoms with Crippen molar-refractivity contribution in [2.45, 2.75) is 219 Å². The molecule has 0 aliphatic carbocycles. The Morgan fingerprint density at radius 3 is 1.07 bits per heavy atom. The summed E-state index contributed by atoms with van der Waals surface area (Å²) >= 11 is 0. The van der Waals surface area contributed by atoms with Gasteiger partial charge in [0.25, 0.3) is 0 Å². The van der Waals surface area contributed by atoms with Crippen molar-refractivity contribution in [3.63, 3.8) is 0 Å². The third-order valence-corrected chi connectivity index (χ3v) is 8.40. The summed E-state index contributed by atoms with van der Waals surface area (Å²) in [7, 11) is 0. The van der Waals surface area contributed by atoms with Crippen LogP contribution in [0.15, 0.2) is 12.2 Å². The zero-order valence-electron chi connectivity index (χ0n) is 27.8. The molecule has 0 aromatic carbocycles. The summed E-state index contributed by atoms with van der Waals surface area (Å²) in [4.78, 5) is 11.9.